The number of hydrogen-bond acceptors (Lipinski definition) is 5. The zero-order valence-corrected chi connectivity index (χ0v) is 16.1. The summed E-state index contributed by atoms with van der Waals surface area (Å²) in [6, 6.07) is 11.4. The summed E-state index contributed by atoms with van der Waals surface area (Å²) in [5.74, 6) is 1.65. The molecule has 0 saturated carbocycles. The van der Waals surface area contributed by atoms with E-state index in [-0.39, 0.29) is 5.91 Å². The number of carbonyl (C=O) groups excluding carboxylic acids is 1. The number of nitrogens with zero attached hydrogens (tertiary/aromatic N) is 3. The van der Waals surface area contributed by atoms with Crippen LogP contribution in [0, 0.1) is 5.92 Å². The summed E-state index contributed by atoms with van der Waals surface area (Å²) in [7, 11) is 3.95. The van der Waals surface area contributed by atoms with Gasteiger partial charge in [-0.05, 0) is 26.4 Å². The Kier molecular flexibility index (Phi) is 7.53. The smallest absolute Gasteiger partial charge is 0.270 e. The van der Waals surface area contributed by atoms with Crippen LogP contribution >= 0.6 is 0 Å². The van der Waals surface area contributed by atoms with Crippen molar-refractivity contribution in [3.63, 3.8) is 0 Å². The van der Waals surface area contributed by atoms with Crippen molar-refractivity contribution in [2.24, 2.45) is 5.92 Å². The first-order valence-corrected chi connectivity index (χ1v) is 9.07. The molecule has 1 aromatic heterocycles. The first-order valence-electron chi connectivity index (χ1n) is 9.07. The van der Waals surface area contributed by atoms with E-state index in [0.29, 0.717) is 29.8 Å². The molecule has 0 aliphatic rings. The summed E-state index contributed by atoms with van der Waals surface area (Å²) >= 11 is 0. The number of hydrogen-bond donors (Lipinski definition) is 2. The van der Waals surface area contributed by atoms with Gasteiger partial charge in [0.2, 0.25) is 0 Å². The lowest BCUT2D eigenvalue weighted by Crippen LogP contribution is -2.32. The summed E-state index contributed by atoms with van der Waals surface area (Å²) in [5.41, 5.74) is 1.27. The molecule has 6 heteroatoms. The molecule has 6 nitrogen and oxygen atoms in total. The fraction of sp³-hybridized carbons (Fsp3) is 0.450. The van der Waals surface area contributed by atoms with Crippen molar-refractivity contribution in [1.82, 2.24) is 20.2 Å². The van der Waals surface area contributed by atoms with E-state index >= 15 is 0 Å². The van der Waals surface area contributed by atoms with Crippen LogP contribution in [0.25, 0.3) is 11.4 Å². The standard InChI is InChI=1S/C20H29N5O/c1-15(2)10-11-21-18-14-17(20(26)22-12-13-25(3)4)23-19(24-18)16-8-6-5-7-9-16/h5-9,14-15H,10-13H2,1-4H3,(H,22,26)(H,21,23,24). The van der Waals surface area contributed by atoms with Gasteiger partial charge in [0.15, 0.2) is 5.82 Å². The minimum absolute atomic E-state index is 0.182. The third kappa shape index (κ3) is 6.44. The third-order valence-electron chi connectivity index (χ3n) is 3.86. The van der Waals surface area contributed by atoms with Gasteiger partial charge in [0.05, 0.1) is 0 Å². The highest BCUT2D eigenvalue weighted by molar-refractivity contribution is 5.93. The fourth-order valence-electron chi connectivity index (χ4n) is 2.34. The first-order chi connectivity index (χ1) is 12.5. The average molecular weight is 355 g/mol. The lowest BCUT2D eigenvalue weighted by Gasteiger charge is -2.13. The van der Waals surface area contributed by atoms with Crippen molar-refractivity contribution in [2.45, 2.75) is 20.3 Å². The van der Waals surface area contributed by atoms with Crippen molar-refractivity contribution < 1.29 is 4.79 Å². The SMILES string of the molecule is CC(C)CCNc1cc(C(=O)NCCN(C)C)nc(-c2ccccc2)n1. The Morgan fingerprint density at radius 2 is 1.85 bits per heavy atom. The first kappa shape index (κ1) is 19.8. The molecule has 0 atom stereocenters. The molecule has 2 N–H and O–H groups in total. The van der Waals surface area contributed by atoms with E-state index < -0.39 is 0 Å². The van der Waals surface area contributed by atoms with Gasteiger partial charge in [-0.1, -0.05) is 44.2 Å². The van der Waals surface area contributed by atoms with E-state index in [1.54, 1.807) is 6.07 Å². The molecule has 2 rings (SSSR count). The number of benzene rings is 1. The summed E-state index contributed by atoms with van der Waals surface area (Å²) < 4.78 is 0. The van der Waals surface area contributed by atoms with E-state index in [1.165, 1.54) is 0 Å². The molecule has 1 aromatic carbocycles. The zero-order valence-electron chi connectivity index (χ0n) is 16.1. The molecule has 0 unspecified atom stereocenters. The van der Waals surface area contributed by atoms with Crippen LogP contribution in [-0.4, -0.2) is 54.5 Å². The second-order valence-electron chi connectivity index (χ2n) is 7.00. The van der Waals surface area contributed by atoms with Crippen molar-refractivity contribution in [1.29, 1.82) is 0 Å². The number of carbonyl (C=O) groups is 1. The average Bonchev–Trinajstić information content (AvgIpc) is 2.61. The lowest BCUT2D eigenvalue weighted by molar-refractivity contribution is 0.0946. The molecule has 0 aliphatic heterocycles. The number of amides is 1. The number of rotatable bonds is 9. The molecule has 0 radical (unpaired) electrons. The molecular formula is C20H29N5O. The van der Waals surface area contributed by atoms with E-state index in [1.807, 2.05) is 49.3 Å². The molecule has 0 fully saturated rings. The molecule has 0 bridgehead atoms. The van der Waals surface area contributed by atoms with Crippen molar-refractivity contribution in [3.05, 3.63) is 42.1 Å². The molecule has 1 heterocycles. The highest BCUT2D eigenvalue weighted by Gasteiger charge is 2.13. The highest BCUT2D eigenvalue weighted by atomic mass is 16.1. The van der Waals surface area contributed by atoms with Gasteiger partial charge in [0.25, 0.3) is 5.91 Å². The lowest BCUT2D eigenvalue weighted by atomic mass is 10.1. The van der Waals surface area contributed by atoms with Crippen LogP contribution in [0.5, 0.6) is 0 Å². The van der Waals surface area contributed by atoms with Crippen molar-refractivity contribution in [2.75, 3.05) is 39.0 Å². The summed E-state index contributed by atoms with van der Waals surface area (Å²) in [6.07, 6.45) is 1.04. The van der Waals surface area contributed by atoms with Gasteiger partial charge >= 0.3 is 0 Å². The zero-order chi connectivity index (χ0) is 18.9. The molecule has 26 heavy (non-hydrogen) atoms. The second kappa shape index (κ2) is 9.87. The highest BCUT2D eigenvalue weighted by Crippen LogP contribution is 2.18. The maximum absolute atomic E-state index is 12.5. The quantitative estimate of drug-likeness (QED) is 0.724. The van der Waals surface area contributed by atoms with Crippen LogP contribution < -0.4 is 10.6 Å². The van der Waals surface area contributed by atoms with E-state index in [9.17, 15) is 4.79 Å². The molecule has 1 amide bonds. The minimum atomic E-state index is -0.182. The van der Waals surface area contributed by atoms with E-state index in [4.69, 9.17) is 0 Å². The topological polar surface area (TPSA) is 70.2 Å². The second-order valence-corrected chi connectivity index (χ2v) is 7.00. The van der Waals surface area contributed by atoms with Crippen molar-refractivity contribution >= 4 is 11.7 Å². The molecule has 0 saturated heterocycles. The van der Waals surface area contributed by atoms with Gasteiger partial charge in [-0.2, -0.15) is 0 Å². The monoisotopic (exact) mass is 355 g/mol. The number of anilines is 1. The Morgan fingerprint density at radius 1 is 1.12 bits per heavy atom. The van der Waals surface area contributed by atoms with Crippen LogP contribution in [0.15, 0.2) is 36.4 Å². The largest absolute Gasteiger partial charge is 0.370 e. The van der Waals surface area contributed by atoms with Crippen LogP contribution in [0.2, 0.25) is 0 Å². The summed E-state index contributed by atoms with van der Waals surface area (Å²) in [4.78, 5) is 23.6. The van der Waals surface area contributed by atoms with Crippen LogP contribution in [0.4, 0.5) is 5.82 Å². The van der Waals surface area contributed by atoms with Gasteiger partial charge in [-0.25, -0.2) is 9.97 Å². The van der Waals surface area contributed by atoms with Gasteiger partial charge < -0.3 is 15.5 Å². The Bertz CT molecular complexity index is 701. The Morgan fingerprint density at radius 3 is 2.50 bits per heavy atom. The van der Waals surface area contributed by atoms with E-state index in [0.717, 1.165) is 25.1 Å². The predicted octanol–water partition coefficient (Wildman–Crippen LogP) is 2.89. The fourth-order valence-corrected chi connectivity index (χ4v) is 2.34. The van der Waals surface area contributed by atoms with Crippen molar-refractivity contribution in [3.8, 4) is 11.4 Å². The van der Waals surface area contributed by atoms with Gasteiger partial charge in [0, 0.05) is 31.3 Å². The number of nitrogens with one attached hydrogen (secondary N) is 2. The Balaban J connectivity index is 2.20. The molecule has 140 valence electrons. The van der Waals surface area contributed by atoms with Gasteiger partial charge in [-0.3, -0.25) is 4.79 Å². The molecule has 0 spiro atoms. The molecular weight excluding hydrogens is 326 g/mol. The van der Waals surface area contributed by atoms with E-state index in [2.05, 4.69) is 34.4 Å². The maximum Gasteiger partial charge on any atom is 0.270 e. The van der Waals surface area contributed by atoms with Crippen LogP contribution in [0.1, 0.15) is 30.8 Å². The third-order valence-corrected chi connectivity index (χ3v) is 3.86. The van der Waals surface area contributed by atoms with Crippen LogP contribution in [0.3, 0.4) is 0 Å². The number of aromatic nitrogens is 2. The summed E-state index contributed by atoms with van der Waals surface area (Å²) in [6.45, 7) is 6.53. The molecule has 2 aromatic rings. The summed E-state index contributed by atoms with van der Waals surface area (Å²) in [5, 5.41) is 6.23. The van der Waals surface area contributed by atoms with Gasteiger partial charge in [-0.15, -0.1) is 0 Å². The number of likely N-dealkylation sites (N-methyl/N-ethyl adjacent to an activating group) is 1. The van der Waals surface area contributed by atoms with Crippen LogP contribution in [-0.2, 0) is 0 Å². The minimum Gasteiger partial charge on any atom is -0.370 e. The Hall–Kier alpha value is -2.47. The van der Waals surface area contributed by atoms with Gasteiger partial charge in [0.1, 0.15) is 11.5 Å². The maximum atomic E-state index is 12.5. The predicted molar refractivity (Wildman–Crippen MR) is 106 cm³/mol. The normalized spacial score (nSPS) is 11.0. The Labute approximate surface area is 156 Å². The molecule has 0 aliphatic carbocycles.